The zero-order valence-corrected chi connectivity index (χ0v) is 78.1. The van der Waals surface area contributed by atoms with E-state index >= 15 is 19.2 Å². The van der Waals surface area contributed by atoms with E-state index in [-0.39, 0.29) is 135 Å². The number of hydrogen-bond acceptors (Lipinski definition) is 20. The van der Waals surface area contributed by atoms with Crippen molar-refractivity contribution in [1.82, 2.24) is 75.1 Å². The predicted octanol–water partition coefficient (Wildman–Crippen LogP) is 6.04. The number of amides is 13. The Hall–Kier alpha value is -9.82. The molecule has 1 aromatic heterocycles. The van der Waals surface area contributed by atoms with Gasteiger partial charge in [0.25, 0.3) is 11.8 Å². The molecule has 2 aromatic carbocycles. The Bertz CT molecular complexity index is 4260. The van der Waals surface area contributed by atoms with E-state index in [2.05, 4.69) is 43.6 Å². The van der Waals surface area contributed by atoms with Crippen LogP contribution in [0.25, 0.3) is 5.69 Å². The minimum atomic E-state index is -5.09. The van der Waals surface area contributed by atoms with Crippen molar-refractivity contribution in [2.75, 3.05) is 99.3 Å². The standard InChI is InChI=1S/C88H137ClF3N17O17/c1-25-63-83(121)100(18)46-70(112)101(19)64(38-48(3)4)80(118)99-72(52(11)12)86(124)102(20)65(39-49(5)6)79(117)94-55(16)77(115)95-56(17)82(120)103(21)66(40-50(7)8)84(122)104(22)67(41-51(9)10)85(123)105(23)73(53(13)14)87(125)106(24)74(81(119)98-63)75(114)54(15)28-27-29-69(111)107-34-36-108(37-35-107)71(113)47-126-61-32-30-60(31-33-61)109-76(88(90,91)92)62(45-93-109)78(116)97-59-43-57(89)42-58(44-59)96-68(110)26-2/h26,30-33,42-45,48-56,63-67,72-75,77,82,95,114-115,120H,2,25,27-29,34-41,46-47H2,1,3-24H3,(H,94,117)(H,96,110)(H,97,116)(H,98,119)(H,99,118)/t54-,55+,56-,63+,64+,65+,66+,67+,72+,73+,74+,75-,77?,82?/m1/s1. The number of piperazine rings is 1. The quantitative estimate of drug-likeness (QED) is 0.0436. The molecule has 2 fully saturated rings. The van der Waals surface area contributed by atoms with Gasteiger partial charge in [-0.2, -0.15) is 18.3 Å². The number of carbonyl (C=O) groups is 13. The summed E-state index contributed by atoms with van der Waals surface area (Å²) in [5.41, 5.74) is -2.24. The van der Waals surface area contributed by atoms with Crippen LogP contribution in [0.2, 0.25) is 5.02 Å². The van der Waals surface area contributed by atoms with E-state index in [0.29, 0.717) is 4.68 Å². The van der Waals surface area contributed by atoms with Gasteiger partial charge in [-0.05, 0) is 156 Å². The maximum absolute atomic E-state index is 15.6. The lowest BCUT2D eigenvalue weighted by molar-refractivity contribution is -0.158. The molecule has 2 saturated heterocycles. The maximum Gasteiger partial charge on any atom is 0.434 e. The molecule has 0 saturated carbocycles. The molecule has 2 aliphatic rings. The van der Waals surface area contributed by atoms with E-state index in [1.807, 2.05) is 55.4 Å². The second kappa shape index (κ2) is 47.8. The van der Waals surface area contributed by atoms with Crippen molar-refractivity contribution in [3.05, 3.63) is 77.6 Å². The number of aromatic nitrogens is 2. The number of aliphatic hydroxyl groups excluding tert-OH is 3. The number of carbonyl (C=O) groups excluding carboxylic acids is 13. The predicted molar refractivity (Wildman–Crippen MR) is 470 cm³/mol. The number of ether oxygens (including phenoxy) is 1. The molecule has 5 rings (SSSR count). The highest BCUT2D eigenvalue weighted by Crippen LogP contribution is 2.36. The monoisotopic (exact) mass is 1800 g/mol. The summed E-state index contributed by atoms with van der Waals surface area (Å²) in [5, 5.41) is 56.7. The molecule has 3 aromatic rings. The third-order valence-corrected chi connectivity index (χ3v) is 23.3. The van der Waals surface area contributed by atoms with Crippen LogP contribution in [0.15, 0.2) is 61.3 Å². The molecule has 704 valence electrons. The first kappa shape index (κ1) is 107. The van der Waals surface area contributed by atoms with Crippen molar-refractivity contribution in [3.63, 3.8) is 0 Å². The molecular weight excluding hydrogens is 1660 g/mol. The van der Waals surface area contributed by atoms with Crippen molar-refractivity contribution in [1.29, 1.82) is 0 Å². The summed E-state index contributed by atoms with van der Waals surface area (Å²) in [7, 11) is 9.82. The fraction of sp³-hybridized carbons (Fsp3) is 0.659. The van der Waals surface area contributed by atoms with Crippen LogP contribution in [-0.4, -0.2) is 314 Å². The Labute approximate surface area is 744 Å². The maximum atomic E-state index is 15.6. The lowest BCUT2D eigenvalue weighted by Crippen LogP contribution is -2.64. The number of nitrogens with one attached hydrogen (secondary N) is 6. The fourth-order valence-corrected chi connectivity index (χ4v) is 15.8. The molecule has 0 bridgehead atoms. The van der Waals surface area contributed by atoms with Gasteiger partial charge in [-0.3, -0.25) is 72.5 Å². The number of alkyl halides is 3. The SMILES string of the molecule is C=CC(=O)Nc1cc(Cl)cc(NC(=O)c2cnn(-c3ccc(OCC(=O)N4CCN(C(=O)CCC[C@@H](C)[C@@H](O)[C@H]5C(=O)N[C@@H](CC)C(=O)N(C)CC(=O)N(C)[C@@H](CC(C)C)C(=O)N[C@@H](C(C)C)C(=O)N(C)[C@@H](CC(C)C)C(=O)N[C@@H](C)C(O)N[C@H](C)C(O)N(C)[C@@H](CC(C)C)C(=O)N(C)[C@@H](CC(C)C)C(=O)N(C)[C@@H](C(C)C)C(=O)N5C)CC4)cc3)c2C(F)(F)F)c1. The van der Waals surface area contributed by atoms with E-state index in [1.54, 1.807) is 53.4 Å². The number of aliphatic hydroxyl groups is 3. The minimum absolute atomic E-state index is 0.0285. The van der Waals surface area contributed by atoms with Gasteiger partial charge in [0.15, 0.2) is 12.3 Å². The Balaban J connectivity index is 1.42. The molecule has 9 N–H and O–H groups in total. The van der Waals surface area contributed by atoms with Crippen LogP contribution in [-0.2, 0) is 63.7 Å². The first-order chi connectivity index (χ1) is 58.7. The molecule has 34 nitrogen and oxygen atoms in total. The number of benzene rings is 2. The van der Waals surface area contributed by atoms with Gasteiger partial charge in [0.1, 0.15) is 60.5 Å². The van der Waals surface area contributed by atoms with Crippen LogP contribution in [0.3, 0.4) is 0 Å². The van der Waals surface area contributed by atoms with Crippen molar-refractivity contribution in [2.24, 2.45) is 41.4 Å². The largest absolute Gasteiger partial charge is 0.484 e. The highest BCUT2D eigenvalue weighted by Gasteiger charge is 2.47. The summed E-state index contributed by atoms with van der Waals surface area (Å²) < 4.78 is 50.4. The van der Waals surface area contributed by atoms with Crippen LogP contribution in [0.1, 0.15) is 178 Å². The number of rotatable bonds is 25. The molecular formula is C88H137ClF3N17O17. The summed E-state index contributed by atoms with van der Waals surface area (Å²) >= 11 is 6.15. The molecule has 126 heavy (non-hydrogen) atoms. The zero-order chi connectivity index (χ0) is 95.3. The van der Waals surface area contributed by atoms with E-state index in [1.165, 1.54) is 128 Å². The average molecular weight is 1800 g/mol. The van der Waals surface area contributed by atoms with Crippen molar-refractivity contribution in [3.8, 4) is 11.4 Å². The van der Waals surface area contributed by atoms with Crippen molar-refractivity contribution >= 4 is 99.8 Å². The van der Waals surface area contributed by atoms with Gasteiger partial charge in [-0.1, -0.05) is 115 Å². The molecule has 38 heteroatoms. The minimum Gasteiger partial charge on any atom is -0.484 e. The highest BCUT2D eigenvalue weighted by atomic mass is 35.5. The fourth-order valence-electron chi connectivity index (χ4n) is 15.5. The average Bonchev–Trinajstić information content (AvgIpc) is 1.59. The van der Waals surface area contributed by atoms with Crippen LogP contribution in [0.5, 0.6) is 5.75 Å². The molecule has 3 heterocycles. The molecule has 2 unspecified atom stereocenters. The van der Waals surface area contributed by atoms with Gasteiger partial charge in [-0.25, -0.2) is 4.68 Å². The van der Waals surface area contributed by atoms with Crippen molar-refractivity contribution < 1.29 is 95.6 Å². The summed E-state index contributed by atoms with van der Waals surface area (Å²) in [5.74, 6) is -11.8. The second-order valence-corrected chi connectivity index (χ2v) is 36.2. The van der Waals surface area contributed by atoms with Gasteiger partial charge in [0.05, 0.1) is 42.2 Å². The molecule has 14 atom stereocenters. The molecule has 2 aliphatic heterocycles. The number of anilines is 2. The molecule has 0 aliphatic carbocycles. The second-order valence-electron chi connectivity index (χ2n) is 35.8. The Morgan fingerprint density at radius 1 is 0.611 bits per heavy atom. The van der Waals surface area contributed by atoms with E-state index in [9.17, 15) is 71.6 Å². The highest BCUT2D eigenvalue weighted by molar-refractivity contribution is 6.31. The number of likely N-dealkylation sites (N-methyl/N-ethyl adjacent to an activating group) is 7. The third kappa shape index (κ3) is 29.1. The topological polar surface area (TPSA) is 411 Å². The van der Waals surface area contributed by atoms with Gasteiger partial charge in [-0.15, -0.1) is 0 Å². The lowest BCUT2D eigenvalue weighted by Gasteiger charge is -2.42. The lowest BCUT2D eigenvalue weighted by atomic mass is 9.90. The van der Waals surface area contributed by atoms with Crippen LogP contribution < -0.4 is 36.6 Å². The Morgan fingerprint density at radius 2 is 1.11 bits per heavy atom. The van der Waals surface area contributed by atoms with Crippen LogP contribution >= 0.6 is 11.6 Å². The van der Waals surface area contributed by atoms with Gasteiger partial charge in [0, 0.05) is 97.3 Å². The normalized spacial score (nSPS) is 24.0. The number of hydrogen-bond donors (Lipinski definition) is 9. The smallest absolute Gasteiger partial charge is 0.434 e. The van der Waals surface area contributed by atoms with E-state index in [0.717, 1.165) is 22.1 Å². The zero-order valence-electron chi connectivity index (χ0n) is 77.3. The summed E-state index contributed by atoms with van der Waals surface area (Å²) in [6.07, 6.45) is -7.49. The molecule has 0 spiro atoms. The van der Waals surface area contributed by atoms with Crippen LogP contribution in [0, 0.1) is 41.4 Å². The van der Waals surface area contributed by atoms with Crippen molar-refractivity contribution in [2.45, 2.75) is 247 Å². The van der Waals surface area contributed by atoms with Gasteiger partial charge >= 0.3 is 6.18 Å². The van der Waals surface area contributed by atoms with E-state index < -0.39 is 198 Å². The van der Waals surface area contributed by atoms with Gasteiger partial charge < -0.3 is 85.8 Å². The Kier molecular flexibility index (Phi) is 40.5. The molecule has 0 radical (unpaired) electrons. The summed E-state index contributed by atoms with van der Waals surface area (Å²) in [6, 6.07) is -3.49. The van der Waals surface area contributed by atoms with Crippen LogP contribution in [0.4, 0.5) is 24.5 Å². The number of halogens is 4. The number of nitrogens with zero attached hydrogens (tertiary/aromatic N) is 11. The Morgan fingerprint density at radius 3 is 1.63 bits per heavy atom. The summed E-state index contributed by atoms with van der Waals surface area (Å²) in [4.78, 5) is 199. The van der Waals surface area contributed by atoms with E-state index in [4.69, 9.17) is 16.3 Å². The van der Waals surface area contributed by atoms with Gasteiger partial charge in [0.2, 0.25) is 65.0 Å². The molecule has 13 amide bonds. The first-order valence-electron chi connectivity index (χ1n) is 43.2. The summed E-state index contributed by atoms with van der Waals surface area (Å²) in [6.45, 7) is 30.6. The first-order valence-corrected chi connectivity index (χ1v) is 43.6. The third-order valence-electron chi connectivity index (χ3n) is 23.0.